The fraction of sp³-hybridized carbons (Fsp3) is 0.286. The summed E-state index contributed by atoms with van der Waals surface area (Å²) in [7, 11) is 0. The van der Waals surface area contributed by atoms with E-state index < -0.39 is 11.7 Å². The fourth-order valence-corrected chi connectivity index (χ4v) is 3.02. The largest absolute Gasteiger partial charge is 0.420 e. The van der Waals surface area contributed by atoms with Crippen molar-refractivity contribution in [2.75, 3.05) is 0 Å². The lowest BCUT2D eigenvalue weighted by atomic mass is 9.96. The summed E-state index contributed by atoms with van der Waals surface area (Å²) in [6.45, 7) is 1.47. The first-order valence-corrected chi connectivity index (χ1v) is 8.95. The summed E-state index contributed by atoms with van der Waals surface area (Å²) in [5.41, 5.74) is 1.97. The van der Waals surface area contributed by atoms with Gasteiger partial charge in [0.05, 0.1) is 5.56 Å². The van der Waals surface area contributed by atoms with E-state index in [9.17, 15) is 18.0 Å². The first-order valence-electron chi connectivity index (χ1n) is 8.95. The molecular weight excluding hydrogens is 369 g/mol. The Labute approximate surface area is 159 Å². The normalized spacial score (nSPS) is 14.3. The average molecular weight is 386 g/mol. The molecular formula is C21H17F3N2O2. The van der Waals surface area contributed by atoms with E-state index >= 15 is 0 Å². The van der Waals surface area contributed by atoms with Crippen molar-refractivity contribution < 1.29 is 22.4 Å². The average Bonchev–Trinajstić information content (AvgIpc) is 3.39. The lowest BCUT2D eigenvalue weighted by molar-refractivity contribution is -0.137. The number of aromatic nitrogens is 2. The Morgan fingerprint density at radius 2 is 1.82 bits per heavy atom. The molecule has 1 aliphatic carbocycles. The van der Waals surface area contributed by atoms with Crippen molar-refractivity contribution in [1.29, 1.82) is 0 Å². The van der Waals surface area contributed by atoms with Gasteiger partial charge in [-0.15, -0.1) is 10.2 Å². The maximum absolute atomic E-state index is 12.8. The molecule has 28 heavy (non-hydrogen) atoms. The number of ketones is 1. The van der Waals surface area contributed by atoms with Crippen molar-refractivity contribution in [3.05, 3.63) is 70.6 Å². The van der Waals surface area contributed by atoms with Gasteiger partial charge < -0.3 is 4.42 Å². The molecule has 0 unspecified atom stereocenters. The maximum Gasteiger partial charge on any atom is 0.416 e. The Balaban J connectivity index is 1.68. The van der Waals surface area contributed by atoms with Crippen LogP contribution in [0.2, 0.25) is 0 Å². The highest BCUT2D eigenvalue weighted by Gasteiger charge is 2.31. The van der Waals surface area contributed by atoms with Gasteiger partial charge in [0.25, 0.3) is 0 Å². The molecule has 1 aromatic heterocycles. The molecule has 0 bridgehead atoms. The van der Waals surface area contributed by atoms with Gasteiger partial charge in [-0.25, -0.2) is 0 Å². The smallest absolute Gasteiger partial charge is 0.416 e. The fourth-order valence-electron chi connectivity index (χ4n) is 3.02. The number of hydrogen-bond donors (Lipinski definition) is 0. The van der Waals surface area contributed by atoms with Gasteiger partial charge in [-0.2, -0.15) is 13.2 Å². The first-order chi connectivity index (χ1) is 13.3. The molecule has 0 spiro atoms. The third kappa shape index (κ3) is 3.83. The van der Waals surface area contributed by atoms with E-state index in [2.05, 4.69) is 10.2 Å². The van der Waals surface area contributed by atoms with E-state index in [-0.39, 0.29) is 5.78 Å². The Hall–Kier alpha value is -2.96. The highest BCUT2D eigenvalue weighted by molar-refractivity contribution is 5.95. The number of carbonyl (C=O) groups is 1. The van der Waals surface area contributed by atoms with Crippen molar-refractivity contribution in [2.24, 2.45) is 0 Å². The van der Waals surface area contributed by atoms with Crippen molar-refractivity contribution >= 4 is 5.78 Å². The molecule has 4 rings (SSSR count). The minimum Gasteiger partial charge on any atom is -0.420 e. The van der Waals surface area contributed by atoms with Crippen LogP contribution in [0.15, 0.2) is 46.9 Å². The van der Waals surface area contributed by atoms with Gasteiger partial charge in [0, 0.05) is 17.0 Å². The molecule has 3 aromatic rings. The number of halogens is 3. The zero-order valence-corrected chi connectivity index (χ0v) is 15.1. The molecule has 1 aliphatic rings. The SMILES string of the molecule is CC(=O)c1ccc(Cc2ccc(C(F)(F)F)cc2)c(-c2nnc(C3CC3)o2)c1. The first kappa shape index (κ1) is 18.4. The van der Waals surface area contributed by atoms with Crippen molar-refractivity contribution in [3.63, 3.8) is 0 Å². The van der Waals surface area contributed by atoms with E-state index in [0.29, 0.717) is 40.8 Å². The summed E-state index contributed by atoms with van der Waals surface area (Å²) in [6.07, 6.45) is -1.94. The van der Waals surface area contributed by atoms with Crippen molar-refractivity contribution in [1.82, 2.24) is 10.2 Å². The zero-order chi connectivity index (χ0) is 19.9. The maximum atomic E-state index is 12.8. The van der Waals surface area contributed by atoms with Crippen LogP contribution in [0.25, 0.3) is 11.5 Å². The molecule has 7 heteroatoms. The van der Waals surface area contributed by atoms with Crippen LogP contribution in [0.4, 0.5) is 13.2 Å². The summed E-state index contributed by atoms with van der Waals surface area (Å²) in [4.78, 5) is 11.8. The molecule has 0 amide bonds. The molecule has 0 N–H and O–H groups in total. The quantitative estimate of drug-likeness (QED) is 0.549. The highest BCUT2D eigenvalue weighted by atomic mass is 19.4. The Morgan fingerprint density at radius 3 is 2.43 bits per heavy atom. The number of nitrogens with zero attached hydrogens (tertiary/aromatic N) is 2. The molecule has 0 aliphatic heterocycles. The number of Topliss-reactive ketones (excluding diaryl/α,β-unsaturated/α-hetero) is 1. The van der Waals surface area contributed by atoms with Crippen LogP contribution in [0.5, 0.6) is 0 Å². The standard InChI is InChI=1S/C21H17F3N2O2/c1-12(27)15-6-7-16(10-13-2-8-17(9-3-13)21(22,23)24)18(11-15)20-26-25-19(28-20)14-4-5-14/h2-3,6-9,11,14H,4-5,10H2,1H3. The van der Waals surface area contributed by atoms with Gasteiger partial charge in [0.1, 0.15) is 0 Å². The topological polar surface area (TPSA) is 56.0 Å². The van der Waals surface area contributed by atoms with E-state index in [1.54, 1.807) is 18.2 Å². The minimum atomic E-state index is -4.37. The van der Waals surface area contributed by atoms with E-state index in [1.807, 2.05) is 0 Å². The van der Waals surface area contributed by atoms with Gasteiger partial charge in [0.15, 0.2) is 5.78 Å². The van der Waals surface area contributed by atoms with E-state index in [4.69, 9.17) is 4.42 Å². The third-order valence-electron chi connectivity index (χ3n) is 4.79. The monoisotopic (exact) mass is 386 g/mol. The van der Waals surface area contributed by atoms with Gasteiger partial charge >= 0.3 is 6.18 Å². The van der Waals surface area contributed by atoms with Crippen LogP contribution in [-0.2, 0) is 12.6 Å². The molecule has 2 aromatic carbocycles. The second kappa shape index (κ2) is 6.89. The van der Waals surface area contributed by atoms with Crippen LogP contribution in [-0.4, -0.2) is 16.0 Å². The molecule has 1 saturated carbocycles. The molecule has 144 valence electrons. The number of carbonyl (C=O) groups excluding carboxylic acids is 1. The molecule has 1 heterocycles. The molecule has 4 nitrogen and oxygen atoms in total. The summed E-state index contributed by atoms with van der Waals surface area (Å²) in [5, 5.41) is 8.21. The van der Waals surface area contributed by atoms with Gasteiger partial charge in [0.2, 0.25) is 11.8 Å². The van der Waals surface area contributed by atoms with Crippen LogP contribution >= 0.6 is 0 Å². The number of rotatable bonds is 5. The van der Waals surface area contributed by atoms with Gasteiger partial charge in [-0.05, 0) is 55.5 Å². The minimum absolute atomic E-state index is 0.0933. The predicted molar refractivity (Wildman–Crippen MR) is 96.0 cm³/mol. The molecule has 1 fully saturated rings. The summed E-state index contributed by atoms with van der Waals surface area (Å²) < 4.78 is 44.1. The van der Waals surface area contributed by atoms with Crippen molar-refractivity contribution in [3.8, 4) is 11.5 Å². The third-order valence-corrected chi connectivity index (χ3v) is 4.79. The second-order valence-corrected chi connectivity index (χ2v) is 7.02. The molecule has 0 radical (unpaired) electrons. The Bertz CT molecular complexity index is 1020. The lowest BCUT2D eigenvalue weighted by Gasteiger charge is -2.10. The van der Waals surface area contributed by atoms with Gasteiger partial charge in [-0.1, -0.05) is 24.3 Å². The van der Waals surface area contributed by atoms with Crippen LogP contribution in [0.1, 0.15) is 58.6 Å². The van der Waals surface area contributed by atoms with Crippen LogP contribution in [0.3, 0.4) is 0 Å². The number of hydrogen-bond acceptors (Lipinski definition) is 4. The molecule has 0 atom stereocenters. The van der Waals surface area contributed by atoms with Crippen molar-refractivity contribution in [2.45, 2.75) is 38.3 Å². The summed E-state index contributed by atoms with van der Waals surface area (Å²) in [6, 6.07) is 10.2. The summed E-state index contributed by atoms with van der Waals surface area (Å²) in [5.74, 6) is 1.12. The summed E-state index contributed by atoms with van der Waals surface area (Å²) >= 11 is 0. The van der Waals surface area contributed by atoms with E-state index in [1.165, 1.54) is 19.1 Å². The van der Waals surface area contributed by atoms with Crippen LogP contribution in [0, 0.1) is 0 Å². The zero-order valence-electron chi connectivity index (χ0n) is 15.1. The predicted octanol–water partition coefficient (Wildman–Crippen LogP) is 5.43. The second-order valence-electron chi connectivity index (χ2n) is 7.02. The number of alkyl halides is 3. The lowest BCUT2D eigenvalue weighted by Crippen LogP contribution is -2.04. The number of benzene rings is 2. The Morgan fingerprint density at radius 1 is 1.11 bits per heavy atom. The Kier molecular flexibility index (Phi) is 4.53. The van der Waals surface area contributed by atoms with Crippen LogP contribution < -0.4 is 0 Å². The van der Waals surface area contributed by atoms with Gasteiger partial charge in [-0.3, -0.25) is 4.79 Å². The van der Waals surface area contributed by atoms with E-state index in [0.717, 1.165) is 30.5 Å². The molecule has 0 saturated heterocycles. The highest BCUT2D eigenvalue weighted by Crippen LogP contribution is 2.40.